The van der Waals surface area contributed by atoms with E-state index in [-0.39, 0.29) is 10.6 Å². The lowest BCUT2D eigenvalue weighted by Crippen LogP contribution is -2.22. The molecule has 2 rings (SSSR count). The number of carbonyl (C=O) groups is 1. The van der Waals surface area contributed by atoms with Crippen LogP contribution < -0.4 is 5.32 Å². The molecule has 0 heterocycles. The molecule has 0 aliphatic carbocycles. The Balaban J connectivity index is 2.02. The number of nitro groups is 1. The third-order valence-electron chi connectivity index (χ3n) is 3.43. The summed E-state index contributed by atoms with van der Waals surface area (Å²) in [6.45, 7) is 0. The molecule has 2 aromatic carbocycles. The van der Waals surface area contributed by atoms with Gasteiger partial charge in [-0.15, -0.1) is 0 Å². The van der Waals surface area contributed by atoms with Crippen LogP contribution in [0.5, 0.6) is 0 Å². The molecule has 0 spiro atoms. The second-order valence-corrected chi connectivity index (χ2v) is 7.63. The maximum absolute atomic E-state index is 12.0. The molecule has 136 valence electrons. The molecule has 0 aliphatic heterocycles. The Bertz CT molecular complexity index is 933. The lowest BCUT2D eigenvalue weighted by Gasteiger charge is -2.11. The summed E-state index contributed by atoms with van der Waals surface area (Å²) in [7, 11) is -0.642. The van der Waals surface area contributed by atoms with Gasteiger partial charge in [-0.05, 0) is 48.0 Å². The van der Waals surface area contributed by atoms with E-state index in [0.717, 1.165) is 4.31 Å². The Labute approximate surface area is 151 Å². The smallest absolute Gasteiger partial charge is 0.269 e. The summed E-state index contributed by atoms with van der Waals surface area (Å²) in [5.41, 5.74) is 1.05. The SMILES string of the molecule is CN(C)S(=O)(=O)c1ccc(NC(=O)/C=C/c2ccc([N+](=O)[O-])cc2)cc1. The topological polar surface area (TPSA) is 110 Å². The van der Waals surface area contributed by atoms with Gasteiger partial charge in [-0.1, -0.05) is 0 Å². The maximum atomic E-state index is 12.0. The number of nitrogens with zero attached hydrogens (tertiary/aromatic N) is 2. The van der Waals surface area contributed by atoms with Crippen molar-refractivity contribution >= 4 is 33.4 Å². The molecule has 0 radical (unpaired) electrons. The minimum Gasteiger partial charge on any atom is -0.323 e. The molecule has 2 aromatic rings. The van der Waals surface area contributed by atoms with Crippen molar-refractivity contribution in [2.75, 3.05) is 19.4 Å². The average Bonchev–Trinajstić information content (AvgIpc) is 2.60. The Morgan fingerprint density at radius 1 is 1.08 bits per heavy atom. The van der Waals surface area contributed by atoms with E-state index in [0.29, 0.717) is 11.3 Å². The van der Waals surface area contributed by atoms with Crippen molar-refractivity contribution in [2.45, 2.75) is 4.90 Å². The number of hydrogen-bond acceptors (Lipinski definition) is 5. The van der Waals surface area contributed by atoms with E-state index in [1.807, 2.05) is 0 Å². The first-order chi connectivity index (χ1) is 12.2. The summed E-state index contributed by atoms with van der Waals surface area (Å²) in [5.74, 6) is -0.411. The summed E-state index contributed by atoms with van der Waals surface area (Å²) in [6, 6.07) is 11.6. The van der Waals surface area contributed by atoms with Gasteiger partial charge < -0.3 is 5.32 Å². The van der Waals surface area contributed by atoms with Gasteiger partial charge in [0.05, 0.1) is 9.82 Å². The van der Waals surface area contributed by atoms with E-state index in [1.54, 1.807) is 0 Å². The van der Waals surface area contributed by atoms with Crippen molar-refractivity contribution in [3.05, 3.63) is 70.3 Å². The molecule has 0 aromatic heterocycles. The van der Waals surface area contributed by atoms with E-state index in [9.17, 15) is 23.3 Å². The maximum Gasteiger partial charge on any atom is 0.269 e. The van der Waals surface area contributed by atoms with Crippen LogP contribution in [0.2, 0.25) is 0 Å². The Hall–Kier alpha value is -3.04. The molecular weight excluding hydrogens is 358 g/mol. The van der Waals surface area contributed by atoms with Crippen molar-refractivity contribution in [3.63, 3.8) is 0 Å². The van der Waals surface area contributed by atoms with Gasteiger partial charge in [-0.25, -0.2) is 12.7 Å². The number of carbonyl (C=O) groups excluding carboxylic acids is 1. The first kappa shape index (κ1) is 19.3. The van der Waals surface area contributed by atoms with Crippen molar-refractivity contribution < 1.29 is 18.1 Å². The van der Waals surface area contributed by atoms with Gasteiger partial charge >= 0.3 is 0 Å². The number of nitrogens with one attached hydrogen (secondary N) is 1. The molecule has 0 saturated carbocycles. The quantitative estimate of drug-likeness (QED) is 0.474. The fraction of sp³-hybridized carbons (Fsp3) is 0.118. The molecule has 1 N–H and O–H groups in total. The van der Waals surface area contributed by atoms with Crippen LogP contribution in [-0.4, -0.2) is 37.6 Å². The predicted molar refractivity (Wildman–Crippen MR) is 98.1 cm³/mol. The molecule has 8 nitrogen and oxygen atoms in total. The lowest BCUT2D eigenvalue weighted by molar-refractivity contribution is -0.384. The van der Waals surface area contributed by atoms with Crippen molar-refractivity contribution in [1.82, 2.24) is 4.31 Å². The number of non-ortho nitro benzene ring substituents is 1. The van der Waals surface area contributed by atoms with Crippen LogP contribution in [0.3, 0.4) is 0 Å². The van der Waals surface area contributed by atoms with Crippen LogP contribution in [0.4, 0.5) is 11.4 Å². The predicted octanol–water partition coefficient (Wildman–Crippen LogP) is 2.50. The van der Waals surface area contributed by atoms with Crippen LogP contribution >= 0.6 is 0 Å². The molecule has 0 saturated heterocycles. The number of hydrogen-bond donors (Lipinski definition) is 1. The third-order valence-corrected chi connectivity index (χ3v) is 5.26. The first-order valence-corrected chi connectivity index (χ1v) is 8.90. The highest BCUT2D eigenvalue weighted by Crippen LogP contribution is 2.17. The van der Waals surface area contributed by atoms with Gasteiger partial charge in [0.1, 0.15) is 0 Å². The Morgan fingerprint density at radius 3 is 2.15 bits per heavy atom. The Kier molecular flexibility index (Phi) is 5.86. The summed E-state index contributed by atoms with van der Waals surface area (Å²) in [5, 5.41) is 13.2. The van der Waals surface area contributed by atoms with Crippen LogP contribution in [0.15, 0.2) is 59.5 Å². The standard InChI is InChI=1S/C17H17N3O5S/c1-19(2)26(24,25)16-10-6-14(7-11-16)18-17(21)12-5-13-3-8-15(9-4-13)20(22)23/h3-12H,1-2H3,(H,18,21)/b12-5+. The molecule has 0 fully saturated rings. The number of anilines is 1. The summed E-state index contributed by atoms with van der Waals surface area (Å²) in [4.78, 5) is 22.1. The van der Waals surface area contributed by atoms with Crippen LogP contribution in [0.1, 0.15) is 5.56 Å². The van der Waals surface area contributed by atoms with Gasteiger partial charge in [-0.2, -0.15) is 0 Å². The average molecular weight is 375 g/mol. The fourth-order valence-electron chi connectivity index (χ4n) is 1.98. The number of sulfonamides is 1. The number of amides is 1. The van der Waals surface area contributed by atoms with E-state index < -0.39 is 20.9 Å². The summed E-state index contributed by atoms with van der Waals surface area (Å²) in [6.07, 6.45) is 2.80. The van der Waals surface area contributed by atoms with E-state index in [4.69, 9.17) is 0 Å². The highest BCUT2D eigenvalue weighted by atomic mass is 32.2. The minimum atomic E-state index is -3.52. The molecule has 0 unspecified atom stereocenters. The summed E-state index contributed by atoms with van der Waals surface area (Å²) < 4.78 is 25.1. The zero-order valence-corrected chi connectivity index (χ0v) is 14.9. The van der Waals surface area contributed by atoms with Gasteiger partial charge in [0.15, 0.2) is 0 Å². The monoisotopic (exact) mass is 375 g/mol. The largest absolute Gasteiger partial charge is 0.323 e. The molecule has 26 heavy (non-hydrogen) atoms. The van der Waals surface area contributed by atoms with Gasteiger partial charge in [0.2, 0.25) is 15.9 Å². The van der Waals surface area contributed by atoms with E-state index in [1.165, 1.54) is 74.8 Å². The first-order valence-electron chi connectivity index (χ1n) is 7.46. The third kappa shape index (κ3) is 4.74. The normalized spacial score (nSPS) is 11.7. The zero-order valence-electron chi connectivity index (χ0n) is 14.1. The molecule has 0 bridgehead atoms. The van der Waals surface area contributed by atoms with E-state index >= 15 is 0 Å². The summed E-state index contributed by atoms with van der Waals surface area (Å²) >= 11 is 0. The fourth-order valence-corrected chi connectivity index (χ4v) is 2.89. The van der Waals surface area contributed by atoms with Gasteiger partial charge in [-0.3, -0.25) is 14.9 Å². The van der Waals surface area contributed by atoms with Crippen LogP contribution in [0, 0.1) is 10.1 Å². The zero-order chi connectivity index (χ0) is 19.3. The van der Waals surface area contributed by atoms with Gasteiger partial charge in [0, 0.05) is 38.0 Å². The Morgan fingerprint density at radius 2 is 1.65 bits per heavy atom. The van der Waals surface area contributed by atoms with Crippen molar-refractivity contribution in [2.24, 2.45) is 0 Å². The second-order valence-electron chi connectivity index (χ2n) is 5.48. The van der Waals surface area contributed by atoms with Crippen LogP contribution in [-0.2, 0) is 14.8 Å². The second kappa shape index (κ2) is 7.89. The van der Waals surface area contributed by atoms with Crippen LogP contribution in [0.25, 0.3) is 6.08 Å². The van der Waals surface area contributed by atoms with Crippen molar-refractivity contribution in [3.8, 4) is 0 Å². The molecule has 0 aliphatic rings. The molecule has 9 heteroatoms. The molecule has 0 atom stereocenters. The highest BCUT2D eigenvalue weighted by molar-refractivity contribution is 7.89. The number of nitro benzene ring substituents is 1. The lowest BCUT2D eigenvalue weighted by atomic mass is 10.2. The number of benzene rings is 2. The number of rotatable bonds is 6. The highest BCUT2D eigenvalue weighted by Gasteiger charge is 2.16. The molecular formula is C17H17N3O5S. The van der Waals surface area contributed by atoms with E-state index in [2.05, 4.69) is 5.32 Å². The minimum absolute atomic E-state index is 0.0284. The van der Waals surface area contributed by atoms with Crippen molar-refractivity contribution in [1.29, 1.82) is 0 Å². The van der Waals surface area contributed by atoms with Gasteiger partial charge in [0.25, 0.3) is 5.69 Å². The molecule has 1 amide bonds.